The van der Waals surface area contributed by atoms with Crippen molar-refractivity contribution in [2.45, 2.75) is 6.54 Å². The van der Waals surface area contributed by atoms with Gasteiger partial charge in [-0.05, 0) is 60.2 Å². The van der Waals surface area contributed by atoms with Gasteiger partial charge in [0.1, 0.15) is 16.9 Å². The molecule has 1 amide bonds. The van der Waals surface area contributed by atoms with E-state index in [0.717, 1.165) is 28.2 Å². The molecule has 0 atom stereocenters. The Morgan fingerprint density at radius 3 is 2.28 bits per heavy atom. The Morgan fingerprint density at radius 1 is 0.889 bits per heavy atom. The van der Waals surface area contributed by atoms with Crippen LogP contribution in [0, 0.1) is 0 Å². The topological polar surface area (TPSA) is 88.8 Å². The number of amides is 1. The van der Waals surface area contributed by atoms with Crippen LogP contribution in [0.15, 0.2) is 95.4 Å². The van der Waals surface area contributed by atoms with Gasteiger partial charge in [0.05, 0.1) is 25.6 Å². The van der Waals surface area contributed by atoms with E-state index < -0.39 is 10.0 Å². The second-order valence-corrected chi connectivity index (χ2v) is 10.3. The Morgan fingerprint density at radius 2 is 1.58 bits per heavy atom. The molecule has 0 fully saturated rings. The Bertz CT molecular complexity index is 1660. The summed E-state index contributed by atoms with van der Waals surface area (Å²) in [5.74, 6) is 0.370. The van der Waals surface area contributed by atoms with Crippen molar-refractivity contribution in [3.8, 4) is 5.75 Å². The minimum Gasteiger partial charge on any atom is -0.497 e. The molecule has 36 heavy (non-hydrogen) atoms. The number of nitrogens with zero attached hydrogens (tertiary/aromatic N) is 1. The van der Waals surface area contributed by atoms with Crippen molar-refractivity contribution in [2.75, 3.05) is 23.0 Å². The smallest absolute Gasteiger partial charge is 0.255 e. The normalized spacial score (nSPS) is 11.5. The number of anilines is 2. The molecule has 0 saturated heterocycles. The number of hydrogen-bond acceptors (Lipinski definition) is 5. The molecule has 0 radical (unpaired) electrons. The van der Waals surface area contributed by atoms with Crippen LogP contribution in [-0.4, -0.2) is 27.7 Å². The van der Waals surface area contributed by atoms with Crippen LogP contribution in [0.1, 0.15) is 15.9 Å². The van der Waals surface area contributed by atoms with Crippen molar-refractivity contribution in [3.05, 3.63) is 102 Å². The highest BCUT2D eigenvalue weighted by atomic mass is 32.2. The van der Waals surface area contributed by atoms with Gasteiger partial charge in [-0.1, -0.05) is 30.3 Å². The molecule has 1 N–H and O–H groups in total. The van der Waals surface area contributed by atoms with Gasteiger partial charge in [0.2, 0.25) is 10.0 Å². The number of hydrogen-bond donors (Lipinski definition) is 1. The number of carbonyl (C=O) groups excluding carboxylic acids is 1. The summed E-state index contributed by atoms with van der Waals surface area (Å²) in [5, 5.41) is 4.91. The van der Waals surface area contributed by atoms with E-state index in [4.69, 9.17) is 9.15 Å². The number of ether oxygens (including phenoxy) is 1. The van der Waals surface area contributed by atoms with Gasteiger partial charge < -0.3 is 14.5 Å². The van der Waals surface area contributed by atoms with E-state index in [2.05, 4.69) is 5.32 Å². The van der Waals surface area contributed by atoms with Crippen molar-refractivity contribution < 1.29 is 22.4 Å². The third-order valence-corrected chi connectivity index (χ3v) is 7.08. The predicted molar refractivity (Wildman–Crippen MR) is 142 cm³/mol. The Kier molecular flexibility index (Phi) is 6.12. The minimum absolute atomic E-state index is 0.135. The minimum atomic E-state index is -3.53. The lowest BCUT2D eigenvalue weighted by molar-refractivity contribution is 0.102. The van der Waals surface area contributed by atoms with Gasteiger partial charge in [0.15, 0.2) is 0 Å². The summed E-state index contributed by atoms with van der Waals surface area (Å²) in [7, 11) is -1.97. The van der Waals surface area contributed by atoms with Crippen LogP contribution >= 0.6 is 0 Å². The molecule has 7 nitrogen and oxygen atoms in total. The maximum Gasteiger partial charge on any atom is 0.255 e. The molecule has 8 heteroatoms. The number of para-hydroxylation sites is 1. The van der Waals surface area contributed by atoms with Crippen LogP contribution in [0.4, 0.5) is 11.4 Å². The van der Waals surface area contributed by atoms with Gasteiger partial charge >= 0.3 is 0 Å². The largest absolute Gasteiger partial charge is 0.497 e. The summed E-state index contributed by atoms with van der Waals surface area (Å²) < 4.78 is 37.2. The third kappa shape index (κ3) is 4.76. The van der Waals surface area contributed by atoms with Gasteiger partial charge in [-0.25, -0.2) is 8.42 Å². The average Bonchev–Trinajstić information content (AvgIpc) is 3.25. The summed E-state index contributed by atoms with van der Waals surface area (Å²) in [5.41, 5.74) is 3.85. The lowest BCUT2D eigenvalue weighted by Crippen LogP contribution is -2.29. The molecule has 1 aromatic heterocycles. The molecular formula is C28H24N2O5S. The molecule has 1 heterocycles. The number of sulfonamides is 1. The van der Waals surface area contributed by atoms with Gasteiger partial charge in [-0.15, -0.1) is 0 Å². The van der Waals surface area contributed by atoms with Gasteiger partial charge in [-0.2, -0.15) is 0 Å². The summed E-state index contributed by atoms with van der Waals surface area (Å²) in [6, 6.07) is 27.0. The zero-order valence-electron chi connectivity index (χ0n) is 19.8. The monoisotopic (exact) mass is 500 g/mol. The lowest BCUT2D eigenvalue weighted by atomic mass is 10.1. The fourth-order valence-electron chi connectivity index (χ4n) is 4.08. The number of fused-ring (bicyclic) bond motifs is 3. The van der Waals surface area contributed by atoms with E-state index in [1.807, 2.05) is 36.4 Å². The maximum absolute atomic E-state index is 12.8. The Labute approximate surface area is 209 Å². The molecule has 5 rings (SSSR count). The van der Waals surface area contributed by atoms with Gasteiger partial charge in [0, 0.05) is 28.1 Å². The van der Waals surface area contributed by atoms with E-state index in [-0.39, 0.29) is 12.5 Å². The second kappa shape index (κ2) is 9.39. The zero-order valence-corrected chi connectivity index (χ0v) is 20.6. The maximum atomic E-state index is 12.8. The van der Waals surface area contributed by atoms with E-state index in [1.54, 1.807) is 61.7 Å². The molecular weight excluding hydrogens is 476 g/mol. The predicted octanol–water partition coefficient (Wildman–Crippen LogP) is 5.81. The Hall–Kier alpha value is -4.30. The van der Waals surface area contributed by atoms with Crippen LogP contribution in [0.25, 0.3) is 21.9 Å². The molecule has 0 saturated carbocycles. The number of nitrogens with one attached hydrogen (secondary N) is 1. The Balaban J connectivity index is 1.32. The van der Waals surface area contributed by atoms with E-state index in [9.17, 15) is 13.2 Å². The summed E-state index contributed by atoms with van der Waals surface area (Å²) >= 11 is 0. The standard InChI is InChI=1S/C28H24N2O5S/c1-34-23-14-12-22(13-15-23)30(36(2,32)33)18-19-7-9-20(10-8-19)28(31)29-21-11-16-25-24-5-3-4-6-26(24)35-27(25)17-21/h3-17H,18H2,1-2H3,(H,29,31). The first-order valence-electron chi connectivity index (χ1n) is 11.3. The van der Waals surface area contributed by atoms with Crippen LogP contribution in [0.3, 0.4) is 0 Å². The lowest BCUT2D eigenvalue weighted by Gasteiger charge is -2.23. The highest BCUT2D eigenvalue weighted by molar-refractivity contribution is 7.92. The number of carbonyl (C=O) groups is 1. The fourth-order valence-corrected chi connectivity index (χ4v) is 4.97. The zero-order chi connectivity index (χ0) is 25.3. The quantitative estimate of drug-likeness (QED) is 0.305. The SMILES string of the molecule is COc1ccc(N(Cc2ccc(C(=O)Nc3ccc4c(c3)oc3ccccc34)cc2)S(C)(=O)=O)cc1. The highest BCUT2D eigenvalue weighted by Gasteiger charge is 2.18. The molecule has 0 bridgehead atoms. The van der Waals surface area contributed by atoms with Crippen molar-refractivity contribution in [3.63, 3.8) is 0 Å². The van der Waals surface area contributed by atoms with Gasteiger partial charge in [-0.3, -0.25) is 9.10 Å². The van der Waals surface area contributed by atoms with Crippen LogP contribution in [-0.2, 0) is 16.6 Å². The van der Waals surface area contributed by atoms with E-state index in [0.29, 0.717) is 28.3 Å². The number of benzene rings is 4. The van der Waals surface area contributed by atoms with Crippen molar-refractivity contribution in [1.29, 1.82) is 0 Å². The highest BCUT2D eigenvalue weighted by Crippen LogP contribution is 2.30. The van der Waals surface area contributed by atoms with Crippen molar-refractivity contribution >= 4 is 49.2 Å². The molecule has 5 aromatic rings. The number of methoxy groups -OCH3 is 1. The van der Waals surface area contributed by atoms with Crippen LogP contribution < -0.4 is 14.4 Å². The average molecular weight is 501 g/mol. The summed E-state index contributed by atoms with van der Waals surface area (Å²) in [6.45, 7) is 0.135. The number of furan rings is 1. The van der Waals surface area contributed by atoms with Crippen molar-refractivity contribution in [2.24, 2.45) is 0 Å². The van der Waals surface area contributed by atoms with Crippen LogP contribution in [0.5, 0.6) is 5.75 Å². The molecule has 0 aliphatic rings. The molecule has 0 aliphatic carbocycles. The molecule has 0 unspecified atom stereocenters. The second-order valence-electron chi connectivity index (χ2n) is 8.43. The number of rotatable bonds is 7. The molecule has 4 aromatic carbocycles. The molecule has 182 valence electrons. The van der Waals surface area contributed by atoms with Crippen LogP contribution in [0.2, 0.25) is 0 Å². The first-order valence-corrected chi connectivity index (χ1v) is 13.1. The third-order valence-electron chi connectivity index (χ3n) is 5.94. The summed E-state index contributed by atoms with van der Waals surface area (Å²) in [6.07, 6.45) is 1.16. The van der Waals surface area contributed by atoms with E-state index in [1.165, 1.54) is 4.31 Å². The first-order chi connectivity index (χ1) is 17.3. The molecule has 0 spiro atoms. The van der Waals surface area contributed by atoms with Crippen molar-refractivity contribution in [1.82, 2.24) is 0 Å². The first kappa shape index (κ1) is 23.4. The van der Waals surface area contributed by atoms with Gasteiger partial charge in [0.25, 0.3) is 5.91 Å². The molecule has 0 aliphatic heterocycles. The van der Waals surface area contributed by atoms with E-state index >= 15 is 0 Å². The fraction of sp³-hybridized carbons (Fsp3) is 0.107. The summed E-state index contributed by atoms with van der Waals surface area (Å²) in [4.78, 5) is 12.8.